The normalized spacial score (nSPS) is 11.3. The van der Waals surface area contributed by atoms with E-state index in [1.165, 1.54) is 33.2 Å². The zero-order valence-electron chi connectivity index (χ0n) is 14.6. The van der Waals surface area contributed by atoms with Crippen LogP contribution < -0.4 is 0 Å². The van der Waals surface area contributed by atoms with Gasteiger partial charge in [0.25, 0.3) is 0 Å². The van der Waals surface area contributed by atoms with Crippen LogP contribution in [0.3, 0.4) is 0 Å². The predicted octanol–water partition coefficient (Wildman–Crippen LogP) is 7.23. The maximum atomic E-state index is 6.08. The monoisotopic (exact) mass is 334 g/mol. The summed E-state index contributed by atoms with van der Waals surface area (Å²) in [5.41, 5.74) is 8.12. The molecule has 124 valence electrons. The van der Waals surface area contributed by atoms with Crippen LogP contribution in [0.4, 0.5) is 0 Å². The summed E-state index contributed by atoms with van der Waals surface area (Å²) in [5.74, 6) is 0. The molecule has 4 aromatic carbocycles. The van der Waals surface area contributed by atoms with Gasteiger partial charge in [0.15, 0.2) is 0 Å². The fourth-order valence-electron chi connectivity index (χ4n) is 3.83. The summed E-state index contributed by atoms with van der Waals surface area (Å²) < 4.78 is 6.08. The highest BCUT2D eigenvalue weighted by Crippen LogP contribution is 2.40. The Hall–Kier alpha value is -3.32. The number of hydrogen-bond acceptors (Lipinski definition) is 1. The molecule has 0 atom stereocenters. The second-order valence-corrected chi connectivity index (χ2v) is 6.64. The number of fused-ring (bicyclic) bond motifs is 3. The van der Waals surface area contributed by atoms with Gasteiger partial charge in [-0.1, -0.05) is 78.9 Å². The van der Waals surface area contributed by atoms with Crippen molar-refractivity contribution >= 4 is 21.9 Å². The van der Waals surface area contributed by atoms with E-state index in [0.29, 0.717) is 0 Å². The van der Waals surface area contributed by atoms with Crippen molar-refractivity contribution < 1.29 is 4.42 Å². The number of hydrogen-bond donors (Lipinski definition) is 0. The predicted molar refractivity (Wildman–Crippen MR) is 109 cm³/mol. The third-order valence-corrected chi connectivity index (χ3v) is 5.06. The molecule has 1 nitrogen and oxygen atoms in total. The molecule has 0 saturated carbocycles. The van der Waals surface area contributed by atoms with E-state index < -0.39 is 0 Å². The Labute approximate surface area is 152 Å². The Morgan fingerprint density at radius 3 is 1.88 bits per heavy atom. The lowest BCUT2D eigenvalue weighted by Gasteiger charge is -2.13. The molecule has 1 heteroatoms. The second-order valence-electron chi connectivity index (χ2n) is 6.64. The standard InChI is InChI=1S/C25H18O/c1-17-9-2-3-10-18(17)19-11-4-5-12-20(19)21-14-8-16-24-25(21)22-13-6-7-15-23(22)26-24/h2-16H,1H3. The van der Waals surface area contributed by atoms with Gasteiger partial charge in [-0.3, -0.25) is 0 Å². The van der Waals surface area contributed by atoms with Crippen molar-refractivity contribution in [2.45, 2.75) is 6.92 Å². The van der Waals surface area contributed by atoms with Crippen molar-refractivity contribution in [2.75, 3.05) is 0 Å². The maximum Gasteiger partial charge on any atom is 0.136 e. The van der Waals surface area contributed by atoms with Gasteiger partial charge in [0.1, 0.15) is 11.2 Å². The van der Waals surface area contributed by atoms with Crippen LogP contribution in [0.25, 0.3) is 44.2 Å². The van der Waals surface area contributed by atoms with Crippen molar-refractivity contribution in [3.63, 3.8) is 0 Å². The molecular weight excluding hydrogens is 316 g/mol. The molecule has 1 heterocycles. The van der Waals surface area contributed by atoms with Crippen LogP contribution in [0.5, 0.6) is 0 Å². The summed E-state index contributed by atoms with van der Waals surface area (Å²) >= 11 is 0. The third kappa shape index (κ3) is 2.25. The van der Waals surface area contributed by atoms with E-state index in [1.807, 2.05) is 12.1 Å². The smallest absolute Gasteiger partial charge is 0.136 e. The molecule has 0 fully saturated rings. The first-order valence-electron chi connectivity index (χ1n) is 8.88. The minimum Gasteiger partial charge on any atom is -0.456 e. The van der Waals surface area contributed by atoms with E-state index in [1.54, 1.807) is 0 Å². The number of aryl methyl sites for hydroxylation is 1. The third-order valence-electron chi connectivity index (χ3n) is 5.06. The average molecular weight is 334 g/mol. The summed E-state index contributed by atoms with van der Waals surface area (Å²) in [4.78, 5) is 0. The fourth-order valence-corrected chi connectivity index (χ4v) is 3.83. The molecule has 0 N–H and O–H groups in total. The quantitative estimate of drug-likeness (QED) is 0.332. The first-order valence-corrected chi connectivity index (χ1v) is 8.88. The summed E-state index contributed by atoms with van der Waals surface area (Å²) in [6.45, 7) is 2.17. The van der Waals surface area contributed by atoms with E-state index in [4.69, 9.17) is 4.42 Å². The Balaban J connectivity index is 1.87. The minimum atomic E-state index is 0.934. The Morgan fingerprint density at radius 1 is 0.500 bits per heavy atom. The van der Waals surface area contributed by atoms with Crippen molar-refractivity contribution in [1.29, 1.82) is 0 Å². The average Bonchev–Trinajstić information content (AvgIpc) is 3.07. The highest BCUT2D eigenvalue weighted by molar-refractivity contribution is 6.13. The SMILES string of the molecule is Cc1ccccc1-c1ccccc1-c1cccc2oc3ccccc3c12. The van der Waals surface area contributed by atoms with Gasteiger partial charge in [-0.2, -0.15) is 0 Å². The van der Waals surface area contributed by atoms with Gasteiger partial charge in [-0.05, 0) is 46.9 Å². The van der Waals surface area contributed by atoms with Gasteiger partial charge in [0.2, 0.25) is 0 Å². The highest BCUT2D eigenvalue weighted by atomic mass is 16.3. The molecule has 0 radical (unpaired) electrons. The molecule has 0 aliphatic heterocycles. The largest absolute Gasteiger partial charge is 0.456 e. The van der Waals surface area contributed by atoms with Crippen LogP contribution in [0, 0.1) is 6.92 Å². The lowest BCUT2D eigenvalue weighted by molar-refractivity contribution is 0.669. The minimum absolute atomic E-state index is 0.934. The molecular formula is C25H18O. The van der Waals surface area contributed by atoms with Crippen LogP contribution in [0.1, 0.15) is 5.56 Å². The summed E-state index contributed by atoms with van der Waals surface area (Å²) in [6.07, 6.45) is 0. The van der Waals surface area contributed by atoms with Gasteiger partial charge in [-0.25, -0.2) is 0 Å². The van der Waals surface area contributed by atoms with E-state index >= 15 is 0 Å². The summed E-state index contributed by atoms with van der Waals surface area (Å²) in [6, 6.07) is 31.8. The van der Waals surface area contributed by atoms with Crippen molar-refractivity contribution in [1.82, 2.24) is 0 Å². The number of para-hydroxylation sites is 1. The van der Waals surface area contributed by atoms with E-state index in [0.717, 1.165) is 16.6 Å². The van der Waals surface area contributed by atoms with E-state index in [-0.39, 0.29) is 0 Å². The van der Waals surface area contributed by atoms with Gasteiger partial charge >= 0.3 is 0 Å². The first-order chi connectivity index (χ1) is 12.8. The van der Waals surface area contributed by atoms with Crippen molar-refractivity contribution in [3.05, 3.63) is 96.6 Å². The molecule has 26 heavy (non-hydrogen) atoms. The van der Waals surface area contributed by atoms with Crippen molar-refractivity contribution in [3.8, 4) is 22.3 Å². The molecule has 0 saturated heterocycles. The lowest BCUT2D eigenvalue weighted by atomic mass is 9.90. The molecule has 0 aliphatic carbocycles. The first kappa shape index (κ1) is 15.0. The number of furan rings is 1. The molecule has 1 aromatic heterocycles. The van der Waals surface area contributed by atoms with Gasteiger partial charge in [0.05, 0.1) is 0 Å². The molecule has 0 unspecified atom stereocenters. The molecule has 0 spiro atoms. The van der Waals surface area contributed by atoms with Crippen LogP contribution in [-0.2, 0) is 0 Å². The molecule has 0 aliphatic rings. The van der Waals surface area contributed by atoms with E-state index in [2.05, 4.69) is 85.8 Å². The topological polar surface area (TPSA) is 13.1 Å². The number of benzene rings is 4. The van der Waals surface area contributed by atoms with E-state index in [9.17, 15) is 0 Å². The van der Waals surface area contributed by atoms with Crippen LogP contribution in [0.15, 0.2) is 95.4 Å². The molecule has 0 bridgehead atoms. The summed E-state index contributed by atoms with van der Waals surface area (Å²) in [5, 5.41) is 2.35. The highest BCUT2D eigenvalue weighted by Gasteiger charge is 2.15. The zero-order valence-corrected chi connectivity index (χ0v) is 14.6. The maximum absolute atomic E-state index is 6.08. The zero-order chi connectivity index (χ0) is 17.5. The summed E-state index contributed by atoms with van der Waals surface area (Å²) in [7, 11) is 0. The number of rotatable bonds is 2. The van der Waals surface area contributed by atoms with Crippen LogP contribution in [-0.4, -0.2) is 0 Å². The van der Waals surface area contributed by atoms with Crippen LogP contribution in [0.2, 0.25) is 0 Å². The fraction of sp³-hybridized carbons (Fsp3) is 0.0400. The molecule has 5 rings (SSSR count). The van der Waals surface area contributed by atoms with Gasteiger partial charge < -0.3 is 4.42 Å². The van der Waals surface area contributed by atoms with Gasteiger partial charge in [-0.15, -0.1) is 0 Å². The van der Waals surface area contributed by atoms with Crippen LogP contribution >= 0.6 is 0 Å². The molecule has 5 aromatic rings. The Kier molecular flexibility index (Phi) is 3.39. The van der Waals surface area contributed by atoms with Gasteiger partial charge in [0, 0.05) is 10.8 Å². The Bertz CT molecular complexity index is 1240. The second kappa shape index (κ2) is 5.89. The van der Waals surface area contributed by atoms with Crippen molar-refractivity contribution in [2.24, 2.45) is 0 Å². The lowest BCUT2D eigenvalue weighted by Crippen LogP contribution is -1.88. The molecule has 0 amide bonds. The Morgan fingerprint density at radius 2 is 1.08 bits per heavy atom.